The topological polar surface area (TPSA) is 62.8 Å². The fraction of sp³-hybridized carbons (Fsp3) is 0.118. The molecule has 1 aromatic heterocycles. The number of sulfone groups is 1. The highest BCUT2D eigenvalue weighted by Gasteiger charge is 2.36. The van der Waals surface area contributed by atoms with Crippen LogP contribution in [0.5, 0.6) is 0 Å². The molecule has 3 aromatic rings. The van der Waals surface area contributed by atoms with Crippen molar-refractivity contribution in [3.63, 3.8) is 0 Å². The summed E-state index contributed by atoms with van der Waals surface area (Å²) in [6.07, 6.45) is -3.84. The van der Waals surface area contributed by atoms with Crippen LogP contribution in [0.1, 0.15) is 5.82 Å². The fourth-order valence-corrected chi connectivity index (χ4v) is 3.09. The third kappa shape index (κ3) is 3.85. The molecule has 27 heavy (non-hydrogen) atoms. The number of nitrogens with zero attached hydrogens (tertiary/aromatic N) is 1. The average Bonchev–Trinajstić information content (AvgIpc) is 2.99. The lowest BCUT2D eigenvalue weighted by molar-refractivity contribution is -0.144. The molecule has 0 aliphatic carbocycles. The zero-order valence-corrected chi connectivity index (χ0v) is 14.4. The number of aromatic amines is 1. The number of H-pyrrole nitrogens is 1. The van der Waals surface area contributed by atoms with Gasteiger partial charge in [-0.05, 0) is 24.3 Å². The molecule has 0 spiro atoms. The van der Waals surface area contributed by atoms with E-state index in [-0.39, 0.29) is 27.4 Å². The van der Waals surface area contributed by atoms with Crippen LogP contribution in [0.25, 0.3) is 22.5 Å². The van der Waals surface area contributed by atoms with Crippen LogP contribution in [0.2, 0.25) is 0 Å². The molecule has 3 rings (SSSR count). The Labute approximate surface area is 150 Å². The van der Waals surface area contributed by atoms with E-state index in [9.17, 15) is 30.4 Å². The third-order valence-electron chi connectivity index (χ3n) is 3.73. The van der Waals surface area contributed by atoms with E-state index < -0.39 is 33.5 Å². The van der Waals surface area contributed by atoms with Crippen molar-refractivity contribution < 1.29 is 30.4 Å². The molecule has 0 fully saturated rings. The maximum absolute atomic E-state index is 14.1. The van der Waals surface area contributed by atoms with Gasteiger partial charge in [-0.3, -0.25) is 0 Å². The zero-order valence-electron chi connectivity index (χ0n) is 13.6. The maximum atomic E-state index is 14.1. The first-order valence-corrected chi connectivity index (χ1v) is 9.29. The van der Waals surface area contributed by atoms with Crippen LogP contribution in [-0.4, -0.2) is 24.6 Å². The van der Waals surface area contributed by atoms with Gasteiger partial charge in [0.15, 0.2) is 9.84 Å². The molecule has 0 bridgehead atoms. The molecule has 0 aliphatic heterocycles. The van der Waals surface area contributed by atoms with E-state index in [1.165, 1.54) is 24.3 Å². The van der Waals surface area contributed by atoms with E-state index in [4.69, 9.17) is 0 Å². The zero-order chi connectivity index (χ0) is 20.0. The molecule has 0 unspecified atom stereocenters. The van der Waals surface area contributed by atoms with E-state index in [0.717, 1.165) is 18.4 Å². The van der Waals surface area contributed by atoms with Gasteiger partial charge in [-0.25, -0.2) is 22.2 Å². The Balaban J connectivity index is 2.21. The molecule has 0 radical (unpaired) electrons. The van der Waals surface area contributed by atoms with Crippen molar-refractivity contribution in [3.05, 3.63) is 59.9 Å². The van der Waals surface area contributed by atoms with Crippen molar-refractivity contribution in [2.75, 3.05) is 6.26 Å². The number of rotatable bonds is 3. The lowest BCUT2D eigenvalue weighted by Crippen LogP contribution is -2.07. The van der Waals surface area contributed by atoms with Crippen LogP contribution in [-0.2, 0) is 16.0 Å². The highest BCUT2D eigenvalue weighted by atomic mass is 32.2. The quantitative estimate of drug-likeness (QED) is 0.659. The Bertz CT molecular complexity index is 1100. The number of aromatic nitrogens is 2. The highest BCUT2D eigenvalue weighted by molar-refractivity contribution is 7.90. The van der Waals surface area contributed by atoms with Gasteiger partial charge in [0, 0.05) is 23.4 Å². The minimum atomic E-state index is -4.82. The normalized spacial score (nSPS) is 12.4. The van der Waals surface area contributed by atoms with Gasteiger partial charge >= 0.3 is 6.18 Å². The summed E-state index contributed by atoms with van der Waals surface area (Å²) in [5, 5.41) is 0. The number of alkyl halides is 3. The molecule has 0 amide bonds. The number of imidazole rings is 1. The van der Waals surface area contributed by atoms with Gasteiger partial charge < -0.3 is 4.98 Å². The number of nitrogens with one attached hydrogen (secondary N) is 1. The molecule has 2 aromatic carbocycles. The summed E-state index contributed by atoms with van der Waals surface area (Å²) < 4.78 is 89.5. The van der Waals surface area contributed by atoms with E-state index in [1.807, 2.05) is 4.98 Å². The van der Waals surface area contributed by atoms with Gasteiger partial charge in [-0.15, -0.1) is 0 Å². The smallest absolute Gasteiger partial charge is 0.334 e. The molecule has 4 nitrogen and oxygen atoms in total. The standard InChI is InChI=1S/C17H11F5N2O2S/c1-27(25,26)11-5-2-9(3-6-11)14-15(24-16(23-14)17(20,21)22)12-7-4-10(18)8-13(12)19/h2-8H,1H3,(H,23,24). The Kier molecular flexibility index (Phi) is 4.54. The van der Waals surface area contributed by atoms with E-state index >= 15 is 0 Å². The third-order valence-corrected chi connectivity index (χ3v) is 4.86. The molecule has 1 N–H and O–H groups in total. The lowest BCUT2D eigenvalue weighted by atomic mass is 10.0. The minimum absolute atomic E-state index is 0.0349. The summed E-state index contributed by atoms with van der Waals surface area (Å²) in [6, 6.07) is 7.37. The minimum Gasteiger partial charge on any atom is -0.334 e. The van der Waals surface area contributed by atoms with Gasteiger partial charge in [0.25, 0.3) is 0 Å². The highest BCUT2D eigenvalue weighted by Crippen LogP contribution is 2.36. The van der Waals surface area contributed by atoms with Gasteiger partial charge in [0.05, 0.1) is 16.3 Å². The van der Waals surface area contributed by atoms with Crippen LogP contribution in [0.3, 0.4) is 0 Å². The summed E-state index contributed by atoms with van der Waals surface area (Å²) in [6.45, 7) is 0. The molecule has 142 valence electrons. The van der Waals surface area contributed by atoms with Crippen molar-refractivity contribution in [1.82, 2.24) is 9.97 Å². The maximum Gasteiger partial charge on any atom is 0.449 e. The molecular weight excluding hydrogens is 391 g/mol. The lowest BCUT2D eigenvalue weighted by Gasteiger charge is -2.06. The van der Waals surface area contributed by atoms with E-state index in [0.29, 0.717) is 6.07 Å². The van der Waals surface area contributed by atoms with Gasteiger partial charge in [0.1, 0.15) is 11.6 Å². The van der Waals surface area contributed by atoms with Crippen molar-refractivity contribution in [2.45, 2.75) is 11.1 Å². The van der Waals surface area contributed by atoms with Crippen molar-refractivity contribution in [2.24, 2.45) is 0 Å². The SMILES string of the molecule is CS(=O)(=O)c1ccc(-c2nc(C(F)(F)F)[nH]c2-c2ccc(F)cc2F)cc1. The summed E-state index contributed by atoms with van der Waals surface area (Å²) in [5.74, 6) is -3.31. The van der Waals surface area contributed by atoms with Crippen molar-refractivity contribution in [1.29, 1.82) is 0 Å². The molecule has 1 heterocycles. The number of benzene rings is 2. The summed E-state index contributed by atoms with van der Waals surface area (Å²) in [4.78, 5) is 5.48. The largest absolute Gasteiger partial charge is 0.449 e. The van der Waals surface area contributed by atoms with Crippen molar-refractivity contribution in [3.8, 4) is 22.5 Å². The molecular formula is C17H11F5N2O2S. The van der Waals surface area contributed by atoms with Crippen molar-refractivity contribution >= 4 is 9.84 Å². The second-order valence-corrected chi connectivity index (χ2v) is 7.74. The number of hydrogen-bond donors (Lipinski definition) is 1. The van der Waals surface area contributed by atoms with Crippen LogP contribution >= 0.6 is 0 Å². The van der Waals surface area contributed by atoms with Gasteiger partial charge in [0.2, 0.25) is 5.82 Å². The first-order chi connectivity index (χ1) is 12.5. The van der Waals surface area contributed by atoms with E-state index in [1.54, 1.807) is 0 Å². The average molecular weight is 402 g/mol. The Morgan fingerprint density at radius 3 is 2.15 bits per heavy atom. The number of hydrogen-bond acceptors (Lipinski definition) is 3. The molecule has 0 saturated heterocycles. The summed E-state index contributed by atoms with van der Waals surface area (Å²) >= 11 is 0. The fourth-order valence-electron chi connectivity index (χ4n) is 2.46. The first kappa shape index (κ1) is 19.0. The Morgan fingerprint density at radius 2 is 1.63 bits per heavy atom. The molecule has 10 heteroatoms. The molecule has 0 aliphatic rings. The van der Waals surface area contributed by atoms with Gasteiger partial charge in [-0.1, -0.05) is 12.1 Å². The van der Waals surface area contributed by atoms with Gasteiger partial charge in [-0.2, -0.15) is 13.2 Å². The second kappa shape index (κ2) is 6.45. The van der Waals surface area contributed by atoms with Crippen LogP contribution in [0, 0.1) is 11.6 Å². The molecule has 0 saturated carbocycles. The predicted molar refractivity (Wildman–Crippen MR) is 87.5 cm³/mol. The Hall–Kier alpha value is -2.75. The van der Waals surface area contributed by atoms with Crippen LogP contribution in [0.4, 0.5) is 22.0 Å². The summed E-state index contributed by atoms with van der Waals surface area (Å²) in [7, 11) is -3.50. The Morgan fingerprint density at radius 1 is 1.00 bits per heavy atom. The van der Waals surface area contributed by atoms with Crippen LogP contribution < -0.4 is 0 Å². The van der Waals surface area contributed by atoms with E-state index in [2.05, 4.69) is 4.98 Å². The molecule has 0 atom stereocenters. The first-order valence-electron chi connectivity index (χ1n) is 7.40. The summed E-state index contributed by atoms with van der Waals surface area (Å²) in [5.41, 5.74) is -0.714. The van der Waals surface area contributed by atoms with Crippen LogP contribution in [0.15, 0.2) is 47.4 Å². The monoisotopic (exact) mass is 402 g/mol. The second-order valence-electron chi connectivity index (χ2n) is 5.73. The predicted octanol–water partition coefficient (Wildman–Crippen LogP) is 4.44. The number of halogens is 5.